The minimum atomic E-state index is -0.578. The second kappa shape index (κ2) is 15.0. The first-order valence-electron chi connectivity index (χ1n) is 22.2. The number of nitrogens with zero attached hydrogens (tertiary/aromatic N) is 2. The Balaban J connectivity index is 1.02. The van der Waals surface area contributed by atoms with Gasteiger partial charge in [0.1, 0.15) is 11.5 Å². The molecule has 0 fully saturated rings. The Morgan fingerprint density at radius 3 is 1.46 bits per heavy atom. The molecule has 1 spiro atoms. The number of rotatable bonds is 7. The molecule has 1 aromatic heterocycles. The molecule has 13 rings (SSSR count). The number of ether oxygens (including phenoxy) is 1. The molecular formula is C61H40N2OS. The summed E-state index contributed by atoms with van der Waals surface area (Å²) in [6, 6.07) is 88.0. The minimum absolute atomic E-state index is 0.578. The van der Waals surface area contributed by atoms with Crippen LogP contribution >= 0.6 is 11.3 Å². The van der Waals surface area contributed by atoms with Gasteiger partial charge >= 0.3 is 0 Å². The molecular weight excluding hydrogens is 809 g/mol. The van der Waals surface area contributed by atoms with Gasteiger partial charge in [0.25, 0.3) is 0 Å². The Bertz CT molecular complexity index is 3500. The SMILES string of the molecule is c1ccc(N(c2ccccc2)c2ccc(-c3cc(N(c4ccccc4)c4ccc5c(c4)C4(c6ccccc6O5)c5ccccc5-c5ccccc54)cc4sc5ccccc5c34)cc2)cc1. The fraction of sp³-hybridized carbons (Fsp3) is 0.0164. The zero-order chi connectivity index (χ0) is 42.9. The summed E-state index contributed by atoms with van der Waals surface area (Å²) >= 11 is 1.86. The van der Waals surface area contributed by atoms with E-state index in [-0.39, 0.29) is 0 Å². The van der Waals surface area contributed by atoms with E-state index in [1.54, 1.807) is 0 Å². The maximum absolute atomic E-state index is 6.87. The van der Waals surface area contributed by atoms with Gasteiger partial charge in [0.05, 0.1) is 5.41 Å². The summed E-state index contributed by atoms with van der Waals surface area (Å²) in [7, 11) is 0. The molecule has 10 aromatic carbocycles. The first-order chi connectivity index (χ1) is 32.2. The lowest BCUT2D eigenvalue weighted by Crippen LogP contribution is -2.32. The zero-order valence-electron chi connectivity index (χ0n) is 35.3. The highest BCUT2D eigenvalue weighted by molar-refractivity contribution is 7.26. The highest BCUT2D eigenvalue weighted by Crippen LogP contribution is 2.62. The second-order valence-corrected chi connectivity index (χ2v) is 17.9. The van der Waals surface area contributed by atoms with E-state index in [9.17, 15) is 0 Å². The van der Waals surface area contributed by atoms with Gasteiger partial charge in [-0.25, -0.2) is 0 Å². The number of hydrogen-bond donors (Lipinski definition) is 0. The van der Waals surface area contributed by atoms with Crippen molar-refractivity contribution in [3.63, 3.8) is 0 Å². The fourth-order valence-electron chi connectivity index (χ4n) is 10.6. The van der Waals surface area contributed by atoms with Gasteiger partial charge in [0.2, 0.25) is 0 Å². The maximum Gasteiger partial charge on any atom is 0.132 e. The maximum atomic E-state index is 6.87. The molecule has 0 saturated carbocycles. The molecule has 306 valence electrons. The van der Waals surface area contributed by atoms with Crippen LogP contribution in [-0.2, 0) is 5.41 Å². The Morgan fingerprint density at radius 1 is 0.323 bits per heavy atom. The van der Waals surface area contributed by atoms with Crippen molar-refractivity contribution < 1.29 is 4.74 Å². The third kappa shape index (κ3) is 5.81. The number of fused-ring (bicyclic) bond motifs is 12. The third-order valence-corrected chi connectivity index (χ3v) is 14.4. The number of benzene rings is 10. The predicted octanol–water partition coefficient (Wildman–Crippen LogP) is 17.1. The molecule has 0 N–H and O–H groups in total. The minimum Gasteiger partial charge on any atom is -0.457 e. The molecule has 2 aliphatic rings. The highest BCUT2D eigenvalue weighted by atomic mass is 32.1. The Kier molecular flexibility index (Phi) is 8.62. The monoisotopic (exact) mass is 848 g/mol. The van der Waals surface area contributed by atoms with Crippen molar-refractivity contribution in [2.75, 3.05) is 9.80 Å². The van der Waals surface area contributed by atoms with Gasteiger partial charge < -0.3 is 14.5 Å². The van der Waals surface area contributed by atoms with Crippen LogP contribution in [0.25, 0.3) is 42.4 Å². The van der Waals surface area contributed by atoms with Crippen molar-refractivity contribution in [1.82, 2.24) is 0 Å². The van der Waals surface area contributed by atoms with E-state index in [0.29, 0.717) is 0 Å². The van der Waals surface area contributed by atoms with E-state index in [4.69, 9.17) is 4.74 Å². The average Bonchev–Trinajstić information content (AvgIpc) is 3.89. The summed E-state index contributed by atoms with van der Waals surface area (Å²) in [4.78, 5) is 4.74. The van der Waals surface area contributed by atoms with E-state index in [2.05, 4.69) is 252 Å². The van der Waals surface area contributed by atoms with Crippen LogP contribution in [0.15, 0.2) is 243 Å². The van der Waals surface area contributed by atoms with Crippen molar-refractivity contribution in [3.8, 4) is 33.8 Å². The Labute approximate surface area is 382 Å². The molecule has 65 heavy (non-hydrogen) atoms. The molecule has 0 radical (unpaired) electrons. The first-order valence-corrected chi connectivity index (χ1v) is 23.0. The normalized spacial score (nSPS) is 12.9. The van der Waals surface area contributed by atoms with Crippen LogP contribution in [0.3, 0.4) is 0 Å². The molecule has 1 aliphatic carbocycles. The molecule has 11 aromatic rings. The van der Waals surface area contributed by atoms with Crippen LogP contribution < -0.4 is 14.5 Å². The third-order valence-electron chi connectivity index (χ3n) is 13.3. The molecule has 0 bridgehead atoms. The first kappa shape index (κ1) is 37.4. The number of para-hydroxylation sites is 4. The van der Waals surface area contributed by atoms with Crippen molar-refractivity contribution in [3.05, 3.63) is 265 Å². The number of thiophene rings is 1. The molecule has 0 amide bonds. The van der Waals surface area contributed by atoms with Gasteiger partial charge in [-0.1, -0.05) is 152 Å². The van der Waals surface area contributed by atoms with E-state index in [0.717, 1.165) is 62.3 Å². The summed E-state index contributed by atoms with van der Waals surface area (Å²) in [5.41, 5.74) is 15.7. The van der Waals surface area contributed by atoms with Crippen LogP contribution in [-0.4, -0.2) is 0 Å². The second-order valence-electron chi connectivity index (χ2n) is 16.8. The lowest BCUT2D eigenvalue weighted by molar-refractivity contribution is 0.436. The quantitative estimate of drug-likeness (QED) is 0.159. The molecule has 1 aliphatic heterocycles. The van der Waals surface area contributed by atoms with E-state index < -0.39 is 5.41 Å². The van der Waals surface area contributed by atoms with Crippen molar-refractivity contribution >= 4 is 65.6 Å². The van der Waals surface area contributed by atoms with Gasteiger partial charge in [-0.2, -0.15) is 0 Å². The average molecular weight is 849 g/mol. The number of anilines is 6. The largest absolute Gasteiger partial charge is 0.457 e. The van der Waals surface area contributed by atoms with Crippen LogP contribution in [0.2, 0.25) is 0 Å². The van der Waals surface area contributed by atoms with Crippen LogP contribution in [0.5, 0.6) is 11.5 Å². The van der Waals surface area contributed by atoms with E-state index in [1.165, 1.54) is 48.0 Å². The summed E-state index contributed by atoms with van der Waals surface area (Å²) < 4.78 is 9.38. The topological polar surface area (TPSA) is 15.7 Å². The van der Waals surface area contributed by atoms with Gasteiger partial charge in [0, 0.05) is 65.4 Å². The van der Waals surface area contributed by atoms with Gasteiger partial charge in [0.15, 0.2) is 0 Å². The highest BCUT2D eigenvalue weighted by Gasteiger charge is 2.51. The summed E-state index contributed by atoms with van der Waals surface area (Å²) in [5, 5.41) is 2.54. The molecule has 0 saturated heterocycles. The van der Waals surface area contributed by atoms with Crippen molar-refractivity contribution in [2.24, 2.45) is 0 Å². The molecule has 0 unspecified atom stereocenters. The van der Waals surface area contributed by atoms with Crippen molar-refractivity contribution in [1.29, 1.82) is 0 Å². The number of hydrogen-bond acceptors (Lipinski definition) is 4. The molecule has 4 heteroatoms. The Morgan fingerprint density at radius 2 is 0.815 bits per heavy atom. The lowest BCUT2D eigenvalue weighted by atomic mass is 9.66. The standard InChI is InChI=1S/C61H40N2OS/c1-4-18-42(19-5-1)62(43-20-6-2-7-21-43)45-34-32-41(33-35-45)51-38-47(40-59-60(51)50-26-12-17-31-58(50)65-59)63(44-22-8-3-9-23-44)46-36-37-57-55(39-46)61(54-29-15-16-30-56(54)64-57)52-27-13-10-24-48(52)49-25-11-14-28-53(49)61/h1-40H. The van der Waals surface area contributed by atoms with E-state index >= 15 is 0 Å². The summed E-state index contributed by atoms with van der Waals surface area (Å²) in [6.07, 6.45) is 0. The van der Waals surface area contributed by atoms with E-state index in [1.807, 2.05) is 11.3 Å². The molecule has 2 heterocycles. The predicted molar refractivity (Wildman–Crippen MR) is 272 cm³/mol. The van der Waals surface area contributed by atoms with Crippen LogP contribution in [0.1, 0.15) is 22.3 Å². The van der Waals surface area contributed by atoms with Gasteiger partial charge in [-0.3, -0.25) is 0 Å². The smallest absolute Gasteiger partial charge is 0.132 e. The fourth-order valence-corrected chi connectivity index (χ4v) is 11.8. The zero-order valence-corrected chi connectivity index (χ0v) is 36.1. The van der Waals surface area contributed by atoms with Gasteiger partial charge in [-0.15, -0.1) is 11.3 Å². The molecule has 3 nitrogen and oxygen atoms in total. The summed E-state index contributed by atoms with van der Waals surface area (Å²) in [5.74, 6) is 1.76. The summed E-state index contributed by atoms with van der Waals surface area (Å²) in [6.45, 7) is 0. The lowest BCUT2D eigenvalue weighted by Gasteiger charge is -2.40. The van der Waals surface area contributed by atoms with Gasteiger partial charge in [-0.05, 0) is 124 Å². The van der Waals surface area contributed by atoms with Crippen LogP contribution in [0, 0.1) is 0 Å². The van der Waals surface area contributed by atoms with Crippen LogP contribution in [0.4, 0.5) is 34.1 Å². The van der Waals surface area contributed by atoms with Crippen molar-refractivity contribution in [2.45, 2.75) is 5.41 Å². The Hall–Kier alpha value is -8.18. The molecule has 0 atom stereocenters.